The molecule has 7 heteroatoms. The lowest BCUT2D eigenvalue weighted by molar-refractivity contribution is -0.132. The zero-order valence-corrected chi connectivity index (χ0v) is 20.0. The standard InChI is InChI=1S/C26H30N2O4S/c1-4-32-25-16-15-23(17-20(25)2)33(30,31)27-24(18-21-11-7-5-8-12-21)26(29)28(3)19-22-13-9-6-10-14-22/h5-17,24,27H,4,18-19H2,1-3H3/t24-/m0/s1. The number of aryl methyl sites for hydroxylation is 1. The number of nitrogens with one attached hydrogen (secondary N) is 1. The molecule has 0 aromatic heterocycles. The summed E-state index contributed by atoms with van der Waals surface area (Å²) in [6, 6.07) is 22.7. The summed E-state index contributed by atoms with van der Waals surface area (Å²) in [6.45, 7) is 4.54. The quantitative estimate of drug-likeness (QED) is 0.491. The summed E-state index contributed by atoms with van der Waals surface area (Å²) in [5.74, 6) is 0.338. The molecular weight excluding hydrogens is 436 g/mol. The first-order valence-electron chi connectivity index (χ1n) is 10.9. The average molecular weight is 467 g/mol. The Morgan fingerprint density at radius 1 is 0.970 bits per heavy atom. The fourth-order valence-corrected chi connectivity index (χ4v) is 4.87. The van der Waals surface area contributed by atoms with Crippen LogP contribution >= 0.6 is 0 Å². The van der Waals surface area contributed by atoms with E-state index in [1.54, 1.807) is 31.0 Å². The van der Waals surface area contributed by atoms with Crippen LogP contribution in [0, 0.1) is 6.92 Å². The fourth-order valence-electron chi connectivity index (χ4n) is 3.59. The maximum atomic E-state index is 13.3. The monoisotopic (exact) mass is 466 g/mol. The summed E-state index contributed by atoms with van der Waals surface area (Å²) >= 11 is 0. The number of hydrogen-bond donors (Lipinski definition) is 1. The van der Waals surface area contributed by atoms with E-state index < -0.39 is 16.1 Å². The summed E-state index contributed by atoms with van der Waals surface area (Å²) in [6.07, 6.45) is 0.244. The van der Waals surface area contributed by atoms with E-state index >= 15 is 0 Å². The van der Waals surface area contributed by atoms with Gasteiger partial charge in [0.05, 0.1) is 11.5 Å². The van der Waals surface area contributed by atoms with Crippen LogP contribution in [0.3, 0.4) is 0 Å². The van der Waals surface area contributed by atoms with Crippen LogP contribution in [0.2, 0.25) is 0 Å². The van der Waals surface area contributed by atoms with Gasteiger partial charge < -0.3 is 9.64 Å². The summed E-state index contributed by atoms with van der Waals surface area (Å²) < 4.78 is 34.6. The molecule has 1 atom stereocenters. The smallest absolute Gasteiger partial charge is 0.241 e. The van der Waals surface area contributed by atoms with Crippen molar-refractivity contribution in [1.82, 2.24) is 9.62 Å². The predicted molar refractivity (Wildman–Crippen MR) is 130 cm³/mol. The number of sulfonamides is 1. The largest absolute Gasteiger partial charge is 0.494 e. The van der Waals surface area contributed by atoms with Crippen LogP contribution in [-0.4, -0.2) is 38.9 Å². The highest BCUT2D eigenvalue weighted by atomic mass is 32.2. The van der Waals surface area contributed by atoms with Crippen LogP contribution in [0.1, 0.15) is 23.6 Å². The summed E-state index contributed by atoms with van der Waals surface area (Å²) in [5, 5.41) is 0. The predicted octanol–water partition coefficient (Wildman–Crippen LogP) is 3.94. The molecule has 0 bridgehead atoms. The number of carbonyl (C=O) groups is 1. The van der Waals surface area contributed by atoms with Crippen molar-refractivity contribution in [1.29, 1.82) is 0 Å². The van der Waals surface area contributed by atoms with Crippen molar-refractivity contribution in [3.05, 3.63) is 95.6 Å². The van der Waals surface area contributed by atoms with E-state index in [2.05, 4.69) is 4.72 Å². The minimum absolute atomic E-state index is 0.0972. The van der Waals surface area contributed by atoms with E-state index in [4.69, 9.17) is 4.74 Å². The molecule has 0 radical (unpaired) electrons. The highest BCUT2D eigenvalue weighted by Gasteiger charge is 2.28. The van der Waals surface area contributed by atoms with E-state index in [9.17, 15) is 13.2 Å². The molecule has 3 aromatic rings. The summed E-state index contributed by atoms with van der Waals surface area (Å²) in [4.78, 5) is 15.0. The van der Waals surface area contributed by atoms with Gasteiger partial charge >= 0.3 is 0 Å². The molecule has 0 saturated heterocycles. The van der Waals surface area contributed by atoms with Gasteiger partial charge in [0.15, 0.2) is 0 Å². The van der Waals surface area contributed by atoms with Crippen molar-refractivity contribution in [2.75, 3.05) is 13.7 Å². The number of ether oxygens (including phenoxy) is 1. The molecule has 174 valence electrons. The highest BCUT2D eigenvalue weighted by molar-refractivity contribution is 7.89. The van der Waals surface area contributed by atoms with E-state index in [1.807, 2.05) is 67.6 Å². The Hall–Kier alpha value is -3.16. The van der Waals surface area contributed by atoms with Crippen LogP contribution < -0.4 is 9.46 Å². The highest BCUT2D eigenvalue weighted by Crippen LogP contribution is 2.22. The Labute approximate surface area is 196 Å². The zero-order valence-electron chi connectivity index (χ0n) is 19.2. The Kier molecular flexibility index (Phi) is 8.25. The SMILES string of the molecule is CCOc1ccc(S(=O)(=O)N[C@@H](Cc2ccccc2)C(=O)N(C)Cc2ccccc2)cc1C. The van der Waals surface area contributed by atoms with Gasteiger partial charge in [-0.2, -0.15) is 4.72 Å². The maximum absolute atomic E-state index is 13.3. The van der Waals surface area contributed by atoms with Gasteiger partial charge in [0, 0.05) is 13.6 Å². The van der Waals surface area contributed by atoms with Gasteiger partial charge in [-0.3, -0.25) is 4.79 Å². The number of carbonyl (C=O) groups excluding carboxylic acids is 1. The molecule has 1 N–H and O–H groups in total. The molecule has 0 heterocycles. The molecule has 0 fully saturated rings. The first kappa shape index (κ1) is 24.5. The van der Waals surface area contributed by atoms with E-state index in [1.165, 1.54) is 6.07 Å². The average Bonchev–Trinajstić information content (AvgIpc) is 2.80. The lowest BCUT2D eigenvalue weighted by Gasteiger charge is -2.25. The summed E-state index contributed by atoms with van der Waals surface area (Å²) in [7, 11) is -2.26. The van der Waals surface area contributed by atoms with Crippen molar-refractivity contribution >= 4 is 15.9 Å². The normalized spacial score (nSPS) is 12.2. The molecule has 1 amide bonds. The zero-order chi connectivity index (χ0) is 23.8. The lowest BCUT2D eigenvalue weighted by Crippen LogP contribution is -2.48. The second-order valence-electron chi connectivity index (χ2n) is 7.90. The van der Waals surface area contributed by atoms with Crippen LogP contribution in [-0.2, 0) is 27.8 Å². The molecule has 0 saturated carbocycles. The second-order valence-corrected chi connectivity index (χ2v) is 9.62. The van der Waals surface area contributed by atoms with Crippen molar-refractivity contribution in [3.8, 4) is 5.75 Å². The Bertz CT molecular complexity index is 1170. The lowest BCUT2D eigenvalue weighted by atomic mass is 10.1. The molecule has 6 nitrogen and oxygen atoms in total. The van der Waals surface area contributed by atoms with Gasteiger partial charge in [-0.15, -0.1) is 0 Å². The van der Waals surface area contributed by atoms with Crippen molar-refractivity contribution < 1.29 is 17.9 Å². The number of amides is 1. The molecule has 0 spiro atoms. The molecule has 3 aromatic carbocycles. The first-order valence-corrected chi connectivity index (χ1v) is 12.4. The molecule has 0 aliphatic rings. The number of likely N-dealkylation sites (N-methyl/N-ethyl adjacent to an activating group) is 1. The molecule has 0 aliphatic heterocycles. The van der Waals surface area contributed by atoms with Crippen LogP contribution in [0.4, 0.5) is 0 Å². The van der Waals surface area contributed by atoms with Crippen LogP contribution in [0.25, 0.3) is 0 Å². The van der Waals surface area contributed by atoms with Gasteiger partial charge in [-0.1, -0.05) is 60.7 Å². The Morgan fingerprint density at radius 3 is 2.15 bits per heavy atom. The third kappa shape index (κ3) is 6.66. The third-order valence-corrected chi connectivity index (χ3v) is 6.74. The topological polar surface area (TPSA) is 75.7 Å². The van der Waals surface area contributed by atoms with Gasteiger partial charge in [-0.05, 0) is 55.2 Å². The minimum atomic E-state index is -3.94. The van der Waals surface area contributed by atoms with Crippen molar-refractivity contribution in [2.45, 2.75) is 37.8 Å². The van der Waals surface area contributed by atoms with Crippen LogP contribution in [0.15, 0.2) is 83.8 Å². The van der Waals surface area contributed by atoms with Crippen LogP contribution in [0.5, 0.6) is 5.75 Å². The number of rotatable bonds is 10. The van der Waals surface area contributed by atoms with Gasteiger partial charge in [-0.25, -0.2) is 8.42 Å². The molecule has 0 aliphatic carbocycles. The maximum Gasteiger partial charge on any atom is 0.241 e. The van der Waals surface area contributed by atoms with Crippen molar-refractivity contribution in [3.63, 3.8) is 0 Å². The summed E-state index contributed by atoms with van der Waals surface area (Å²) in [5.41, 5.74) is 2.55. The fraction of sp³-hybridized carbons (Fsp3) is 0.269. The molecule has 3 rings (SSSR count). The molecular formula is C26H30N2O4S. The van der Waals surface area contributed by atoms with Crippen molar-refractivity contribution in [2.24, 2.45) is 0 Å². The second kappa shape index (κ2) is 11.1. The van der Waals surface area contributed by atoms with E-state index in [-0.39, 0.29) is 17.2 Å². The minimum Gasteiger partial charge on any atom is -0.494 e. The van der Waals surface area contributed by atoms with Gasteiger partial charge in [0.2, 0.25) is 15.9 Å². The van der Waals surface area contributed by atoms with E-state index in [0.29, 0.717) is 24.5 Å². The van der Waals surface area contributed by atoms with Gasteiger partial charge in [0.1, 0.15) is 11.8 Å². The third-order valence-electron chi connectivity index (χ3n) is 5.27. The molecule has 0 unspecified atom stereocenters. The number of benzene rings is 3. The molecule has 33 heavy (non-hydrogen) atoms. The number of hydrogen-bond acceptors (Lipinski definition) is 4. The Morgan fingerprint density at radius 2 is 1.58 bits per heavy atom. The number of nitrogens with zero attached hydrogens (tertiary/aromatic N) is 1. The van der Waals surface area contributed by atoms with E-state index in [0.717, 1.165) is 11.1 Å². The first-order chi connectivity index (χ1) is 15.8. The van der Waals surface area contributed by atoms with Gasteiger partial charge in [0.25, 0.3) is 0 Å². The Balaban J connectivity index is 1.85.